The van der Waals surface area contributed by atoms with Crippen molar-refractivity contribution >= 4 is 0 Å². The largest absolute Gasteiger partial charge is 0.207 e. The first-order chi connectivity index (χ1) is 5.83. The van der Waals surface area contributed by atoms with Gasteiger partial charge in [-0.3, -0.25) is 0 Å². The van der Waals surface area contributed by atoms with E-state index in [2.05, 4.69) is 5.92 Å². The first-order valence-electron chi connectivity index (χ1n) is 4.01. The summed E-state index contributed by atoms with van der Waals surface area (Å²) in [5.74, 6) is 2.39. The Hall–Kier alpha value is -1.29. The number of hydrogen-bond donors (Lipinski definition) is 0. The normalized spacial score (nSPS) is 9.33. The Morgan fingerprint density at radius 1 is 1.25 bits per heavy atom. The molecular formula is C11H11F. The molecule has 0 amide bonds. The SMILES string of the molecule is C#CCCCc1ccc(F)cc1. The summed E-state index contributed by atoms with van der Waals surface area (Å²) in [6.07, 6.45) is 7.81. The van der Waals surface area contributed by atoms with Crippen LogP contribution in [0.4, 0.5) is 4.39 Å². The van der Waals surface area contributed by atoms with Gasteiger partial charge in [-0.2, -0.15) is 0 Å². The molecule has 1 rings (SSSR count). The second kappa shape index (κ2) is 4.56. The lowest BCUT2D eigenvalue weighted by Crippen LogP contribution is -1.84. The Kier molecular flexibility index (Phi) is 3.35. The first-order valence-corrected chi connectivity index (χ1v) is 4.01. The third-order valence-electron chi connectivity index (χ3n) is 1.70. The zero-order valence-corrected chi connectivity index (χ0v) is 6.89. The number of hydrogen-bond acceptors (Lipinski definition) is 0. The van der Waals surface area contributed by atoms with Crippen LogP contribution >= 0.6 is 0 Å². The molecule has 0 aliphatic rings. The van der Waals surface area contributed by atoms with Crippen LogP contribution in [0.15, 0.2) is 24.3 Å². The Morgan fingerprint density at radius 3 is 2.50 bits per heavy atom. The second-order valence-corrected chi connectivity index (χ2v) is 2.68. The van der Waals surface area contributed by atoms with Crippen LogP contribution in [0.5, 0.6) is 0 Å². The summed E-state index contributed by atoms with van der Waals surface area (Å²) in [7, 11) is 0. The highest BCUT2D eigenvalue weighted by Gasteiger charge is 1.92. The van der Waals surface area contributed by atoms with Crippen molar-refractivity contribution in [1.82, 2.24) is 0 Å². The average Bonchev–Trinajstić information content (AvgIpc) is 2.09. The zero-order chi connectivity index (χ0) is 8.81. The lowest BCUT2D eigenvalue weighted by Gasteiger charge is -1.97. The van der Waals surface area contributed by atoms with E-state index in [4.69, 9.17) is 6.42 Å². The minimum atomic E-state index is -0.185. The van der Waals surface area contributed by atoms with Gasteiger partial charge in [-0.15, -0.1) is 12.3 Å². The molecule has 0 radical (unpaired) electrons. The van der Waals surface area contributed by atoms with Crippen molar-refractivity contribution in [2.75, 3.05) is 0 Å². The lowest BCUT2D eigenvalue weighted by atomic mass is 10.1. The van der Waals surface area contributed by atoms with Crippen LogP contribution < -0.4 is 0 Å². The average molecular weight is 162 g/mol. The molecule has 0 atom stereocenters. The fraction of sp³-hybridized carbons (Fsp3) is 0.273. The van der Waals surface area contributed by atoms with E-state index in [0.717, 1.165) is 24.8 Å². The van der Waals surface area contributed by atoms with Gasteiger partial charge in [0.2, 0.25) is 0 Å². The molecule has 0 aliphatic carbocycles. The van der Waals surface area contributed by atoms with Gasteiger partial charge in [0.15, 0.2) is 0 Å². The van der Waals surface area contributed by atoms with E-state index in [9.17, 15) is 4.39 Å². The fourth-order valence-corrected chi connectivity index (χ4v) is 1.05. The number of rotatable bonds is 3. The minimum absolute atomic E-state index is 0.185. The van der Waals surface area contributed by atoms with Gasteiger partial charge in [0, 0.05) is 6.42 Å². The van der Waals surface area contributed by atoms with Gasteiger partial charge < -0.3 is 0 Å². The summed E-state index contributed by atoms with van der Waals surface area (Å²) in [4.78, 5) is 0. The summed E-state index contributed by atoms with van der Waals surface area (Å²) in [6, 6.07) is 6.55. The van der Waals surface area contributed by atoms with E-state index in [-0.39, 0.29) is 5.82 Å². The van der Waals surface area contributed by atoms with Crippen molar-refractivity contribution in [3.8, 4) is 12.3 Å². The van der Waals surface area contributed by atoms with Crippen LogP contribution in [0.3, 0.4) is 0 Å². The van der Waals surface area contributed by atoms with E-state index in [1.807, 2.05) is 0 Å². The van der Waals surface area contributed by atoms with Gasteiger partial charge in [0.1, 0.15) is 5.82 Å². The molecule has 0 spiro atoms. The smallest absolute Gasteiger partial charge is 0.123 e. The van der Waals surface area contributed by atoms with Crippen LogP contribution in [-0.4, -0.2) is 0 Å². The number of benzene rings is 1. The van der Waals surface area contributed by atoms with Crippen molar-refractivity contribution in [2.24, 2.45) is 0 Å². The monoisotopic (exact) mass is 162 g/mol. The standard InChI is InChI=1S/C11H11F/c1-2-3-4-5-10-6-8-11(12)9-7-10/h1,6-9H,3-5H2. The molecule has 0 heterocycles. The Balaban J connectivity index is 2.43. The van der Waals surface area contributed by atoms with Gasteiger partial charge in [-0.1, -0.05) is 12.1 Å². The molecule has 0 aliphatic heterocycles. The summed E-state index contributed by atoms with van der Waals surface area (Å²) >= 11 is 0. The molecular weight excluding hydrogens is 151 g/mol. The Morgan fingerprint density at radius 2 is 1.92 bits per heavy atom. The van der Waals surface area contributed by atoms with Crippen molar-refractivity contribution < 1.29 is 4.39 Å². The molecule has 0 unspecified atom stereocenters. The van der Waals surface area contributed by atoms with E-state index < -0.39 is 0 Å². The van der Waals surface area contributed by atoms with Gasteiger partial charge >= 0.3 is 0 Å². The Bertz CT molecular complexity index is 266. The highest BCUT2D eigenvalue weighted by molar-refractivity contribution is 5.16. The molecule has 1 aromatic carbocycles. The summed E-state index contributed by atoms with van der Waals surface area (Å²) in [5.41, 5.74) is 1.15. The molecule has 0 nitrogen and oxygen atoms in total. The second-order valence-electron chi connectivity index (χ2n) is 2.68. The molecule has 1 aromatic rings. The fourth-order valence-electron chi connectivity index (χ4n) is 1.05. The maximum atomic E-state index is 12.4. The van der Waals surface area contributed by atoms with E-state index in [0.29, 0.717) is 0 Å². The predicted molar refractivity (Wildman–Crippen MR) is 48.2 cm³/mol. The number of unbranched alkanes of at least 4 members (excludes halogenated alkanes) is 1. The van der Waals surface area contributed by atoms with Crippen LogP contribution in [0.2, 0.25) is 0 Å². The summed E-state index contributed by atoms with van der Waals surface area (Å²) in [5, 5.41) is 0. The van der Waals surface area contributed by atoms with Gasteiger partial charge in [0.25, 0.3) is 0 Å². The summed E-state index contributed by atoms with van der Waals surface area (Å²) in [6.45, 7) is 0. The van der Waals surface area contributed by atoms with Gasteiger partial charge in [0.05, 0.1) is 0 Å². The highest BCUT2D eigenvalue weighted by Crippen LogP contribution is 2.06. The van der Waals surface area contributed by atoms with Crippen molar-refractivity contribution in [3.05, 3.63) is 35.6 Å². The van der Waals surface area contributed by atoms with Crippen molar-refractivity contribution in [2.45, 2.75) is 19.3 Å². The number of aryl methyl sites for hydroxylation is 1. The van der Waals surface area contributed by atoms with Crippen LogP contribution in [0.1, 0.15) is 18.4 Å². The lowest BCUT2D eigenvalue weighted by molar-refractivity contribution is 0.626. The quantitative estimate of drug-likeness (QED) is 0.473. The van der Waals surface area contributed by atoms with E-state index in [1.165, 1.54) is 12.1 Å². The number of terminal acetylenes is 1. The molecule has 0 saturated carbocycles. The molecule has 1 heteroatoms. The number of halogens is 1. The molecule has 0 bridgehead atoms. The highest BCUT2D eigenvalue weighted by atomic mass is 19.1. The molecule has 12 heavy (non-hydrogen) atoms. The zero-order valence-electron chi connectivity index (χ0n) is 6.89. The molecule has 0 aromatic heterocycles. The predicted octanol–water partition coefficient (Wildman–Crippen LogP) is 2.78. The molecule has 0 saturated heterocycles. The van der Waals surface area contributed by atoms with Crippen LogP contribution in [0, 0.1) is 18.2 Å². The van der Waals surface area contributed by atoms with E-state index >= 15 is 0 Å². The van der Waals surface area contributed by atoms with Crippen LogP contribution in [0.25, 0.3) is 0 Å². The van der Waals surface area contributed by atoms with Crippen molar-refractivity contribution in [3.63, 3.8) is 0 Å². The molecule has 62 valence electrons. The Labute approximate surface area is 72.4 Å². The molecule has 0 N–H and O–H groups in total. The van der Waals surface area contributed by atoms with Crippen molar-refractivity contribution in [1.29, 1.82) is 0 Å². The maximum absolute atomic E-state index is 12.4. The minimum Gasteiger partial charge on any atom is -0.207 e. The van der Waals surface area contributed by atoms with E-state index in [1.54, 1.807) is 12.1 Å². The van der Waals surface area contributed by atoms with Gasteiger partial charge in [-0.05, 0) is 30.5 Å². The van der Waals surface area contributed by atoms with Crippen LogP contribution in [-0.2, 0) is 6.42 Å². The summed E-state index contributed by atoms with van der Waals surface area (Å²) < 4.78 is 12.4. The third-order valence-corrected chi connectivity index (χ3v) is 1.70. The van der Waals surface area contributed by atoms with Gasteiger partial charge in [-0.25, -0.2) is 4.39 Å². The maximum Gasteiger partial charge on any atom is 0.123 e. The third kappa shape index (κ3) is 2.75. The first kappa shape index (κ1) is 8.80. The topological polar surface area (TPSA) is 0 Å². The molecule has 0 fully saturated rings.